The van der Waals surface area contributed by atoms with Crippen molar-refractivity contribution in [1.82, 2.24) is 0 Å². The van der Waals surface area contributed by atoms with Crippen LogP contribution in [0.5, 0.6) is 0 Å². The summed E-state index contributed by atoms with van der Waals surface area (Å²) in [4.78, 5) is 16.3. The van der Waals surface area contributed by atoms with Crippen molar-refractivity contribution in [2.45, 2.75) is 23.6 Å². The van der Waals surface area contributed by atoms with Gasteiger partial charge in [-0.25, -0.2) is 9.18 Å². The number of benzene rings is 2. The number of esters is 1. The highest BCUT2D eigenvalue weighted by Gasteiger charge is 2.29. The first-order valence-electron chi connectivity index (χ1n) is 8.85. The summed E-state index contributed by atoms with van der Waals surface area (Å²) in [5, 5.41) is 3.23. The highest BCUT2D eigenvalue weighted by molar-refractivity contribution is 7.87. The van der Waals surface area contributed by atoms with Crippen molar-refractivity contribution in [2.75, 3.05) is 13.7 Å². The summed E-state index contributed by atoms with van der Waals surface area (Å²) < 4.78 is 49.9. The van der Waals surface area contributed by atoms with Gasteiger partial charge in [0.1, 0.15) is 30.9 Å². The fraction of sp³-hybridized carbons (Fsp3) is 0.263. The van der Waals surface area contributed by atoms with E-state index in [-0.39, 0.29) is 25.7 Å². The molecule has 0 fully saturated rings. The minimum absolute atomic E-state index is 0.00998. The third kappa shape index (κ3) is 8.13. The van der Waals surface area contributed by atoms with Crippen LogP contribution in [0.25, 0.3) is 0 Å². The lowest BCUT2D eigenvalue weighted by atomic mass is 10.2. The molecule has 2 aromatic rings. The minimum atomic E-state index is -4.57. The lowest BCUT2D eigenvalue weighted by molar-refractivity contribution is 0.0282. The van der Waals surface area contributed by atoms with Crippen molar-refractivity contribution in [3.05, 3.63) is 61.0 Å². The largest absolute Gasteiger partial charge is 0.459 e. The number of nitrogens with zero attached hydrogens (tertiary/aromatic N) is 1. The molecule has 2 atom stereocenters. The Bertz CT molecular complexity index is 1150. The standard InChI is InChI=1S/C19H15Cl5FNO6S/c1-30-26-8-11(25)5-12(9-31-19(27)13-3-2-10(20)4-14(13)21)32-33(28,29)18-7-16(23)15(22)6-17(18)24/h2-4,6-8,11-12H,5,9H2,1H3/b26-8-/t11-,12-/m0/s1. The SMILES string of the molecule is CO/N=C\[C@@H](F)C[C@@H](COC(=O)c1ccc(Cl)cc1Cl)OS(=O)(=O)c1cc(Cl)c(Cl)cc1Cl. The van der Waals surface area contributed by atoms with Gasteiger partial charge in [0.2, 0.25) is 0 Å². The molecule has 14 heteroatoms. The van der Waals surface area contributed by atoms with E-state index in [0.29, 0.717) is 5.02 Å². The molecule has 0 aliphatic heterocycles. The van der Waals surface area contributed by atoms with E-state index in [2.05, 4.69) is 9.99 Å². The number of oxime groups is 1. The average molecular weight is 582 g/mol. The molecular weight excluding hydrogens is 567 g/mol. The summed E-state index contributed by atoms with van der Waals surface area (Å²) in [6.45, 7) is -0.656. The lowest BCUT2D eigenvalue weighted by Crippen LogP contribution is -2.29. The Kier molecular flexibility index (Phi) is 10.5. The first-order valence-corrected chi connectivity index (χ1v) is 12.1. The topological polar surface area (TPSA) is 91.3 Å². The van der Waals surface area contributed by atoms with Crippen LogP contribution in [-0.4, -0.2) is 46.6 Å². The van der Waals surface area contributed by atoms with Crippen LogP contribution < -0.4 is 0 Å². The van der Waals surface area contributed by atoms with Crippen molar-refractivity contribution >= 4 is 80.3 Å². The molecule has 180 valence electrons. The molecule has 0 unspecified atom stereocenters. The summed E-state index contributed by atoms with van der Waals surface area (Å²) in [5.74, 6) is -0.906. The molecular formula is C19H15Cl5FNO6S. The summed E-state index contributed by atoms with van der Waals surface area (Å²) in [6, 6.07) is 6.15. The van der Waals surface area contributed by atoms with Crippen molar-refractivity contribution in [3.63, 3.8) is 0 Å². The van der Waals surface area contributed by atoms with Crippen LogP contribution >= 0.6 is 58.0 Å². The molecule has 7 nitrogen and oxygen atoms in total. The van der Waals surface area contributed by atoms with Gasteiger partial charge >= 0.3 is 5.97 Å². The highest BCUT2D eigenvalue weighted by atomic mass is 35.5. The molecule has 33 heavy (non-hydrogen) atoms. The van der Waals surface area contributed by atoms with Crippen LogP contribution in [0.1, 0.15) is 16.8 Å². The first kappa shape index (κ1) is 27.9. The van der Waals surface area contributed by atoms with Gasteiger partial charge in [-0.1, -0.05) is 63.2 Å². The zero-order chi connectivity index (χ0) is 24.8. The van der Waals surface area contributed by atoms with Gasteiger partial charge in [-0.2, -0.15) is 8.42 Å². The molecule has 0 radical (unpaired) electrons. The Morgan fingerprint density at radius 3 is 2.36 bits per heavy atom. The van der Waals surface area contributed by atoms with Gasteiger partial charge in [0.25, 0.3) is 10.1 Å². The van der Waals surface area contributed by atoms with Crippen molar-refractivity contribution in [3.8, 4) is 0 Å². The van der Waals surface area contributed by atoms with Crippen molar-refractivity contribution in [1.29, 1.82) is 0 Å². The van der Waals surface area contributed by atoms with E-state index in [1.165, 1.54) is 25.3 Å². The fourth-order valence-electron chi connectivity index (χ4n) is 2.40. The molecule has 0 amide bonds. The Hall–Kier alpha value is -1.33. The molecule has 0 aliphatic carbocycles. The maximum Gasteiger partial charge on any atom is 0.339 e. The maximum atomic E-state index is 14.2. The molecule has 0 aliphatic rings. The van der Waals surface area contributed by atoms with E-state index >= 15 is 0 Å². The van der Waals surface area contributed by atoms with Gasteiger partial charge in [-0.05, 0) is 30.3 Å². The molecule has 0 aromatic heterocycles. The zero-order valence-electron chi connectivity index (χ0n) is 16.6. The minimum Gasteiger partial charge on any atom is -0.459 e. The van der Waals surface area contributed by atoms with E-state index in [1.54, 1.807) is 0 Å². The van der Waals surface area contributed by atoms with Crippen LogP contribution in [0, 0.1) is 0 Å². The van der Waals surface area contributed by atoms with E-state index in [1.807, 2.05) is 0 Å². The number of ether oxygens (including phenoxy) is 1. The van der Waals surface area contributed by atoms with Crippen LogP contribution in [0.4, 0.5) is 4.39 Å². The monoisotopic (exact) mass is 579 g/mol. The van der Waals surface area contributed by atoms with E-state index in [9.17, 15) is 17.6 Å². The Morgan fingerprint density at radius 2 is 1.73 bits per heavy atom. The van der Waals surface area contributed by atoms with Crippen LogP contribution in [-0.2, 0) is 23.9 Å². The second-order valence-corrected chi connectivity index (χ2v) is 9.89. The third-order valence-corrected chi connectivity index (χ3v) is 6.97. The van der Waals surface area contributed by atoms with Gasteiger partial charge in [0.15, 0.2) is 0 Å². The van der Waals surface area contributed by atoms with Gasteiger partial charge < -0.3 is 9.57 Å². The quantitative estimate of drug-likeness (QED) is 0.108. The van der Waals surface area contributed by atoms with Crippen molar-refractivity contribution < 1.29 is 31.4 Å². The fourth-order valence-corrected chi connectivity index (χ4v) is 4.94. The second-order valence-electron chi connectivity index (χ2n) is 6.28. The van der Waals surface area contributed by atoms with Crippen LogP contribution in [0.15, 0.2) is 40.4 Å². The molecule has 0 bridgehead atoms. The molecule has 0 spiro atoms. The van der Waals surface area contributed by atoms with Gasteiger partial charge in [-0.3, -0.25) is 4.18 Å². The number of carbonyl (C=O) groups excluding carboxylic acids is 1. The van der Waals surface area contributed by atoms with Gasteiger partial charge in [0.05, 0.1) is 31.9 Å². The lowest BCUT2D eigenvalue weighted by Gasteiger charge is -2.19. The van der Waals surface area contributed by atoms with Crippen molar-refractivity contribution in [2.24, 2.45) is 5.16 Å². The number of hydrogen-bond acceptors (Lipinski definition) is 7. The van der Waals surface area contributed by atoms with E-state index in [4.69, 9.17) is 66.9 Å². The Morgan fingerprint density at radius 1 is 1.06 bits per heavy atom. The molecule has 2 aromatic carbocycles. The summed E-state index contributed by atoms with van der Waals surface area (Å²) in [5.41, 5.74) is -0.0343. The van der Waals surface area contributed by atoms with Gasteiger partial charge in [0, 0.05) is 11.4 Å². The van der Waals surface area contributed by atoms with E-state index < -0.39 is 46.3 Å². The normalized spacial score (nSPS) is 13.7. The second kappa shape index (κ2) is 12.4. The summed E-state index contributed by atoms with van der Waals surface area (Å²) in [6.07, 6.45) is -3.05. The first-order chi connectivity index (χ1) is 15.4. The van der Waals surface area contributed by atoms with Crippen LogP contribution in [0.2, 0.25) is 25.1 Å². The van der Waals surface area contributed by atoms with Crippen LogP contribution in [0.3, 0.4) is 0 Å². The number of alkyl halides is 1. The number of rotatable bonds is 10. The molecule has 2 rings (SSSR count). The maximum absolute atomic E-state index is 14.2. The molecule has 0 saturated carbocycles. The number of halogens is 6. The summed E-state index contributed by atoms with van der Waals surface area (Å²) in [7, 11) is -3.37. The molecule has 0 saturated heterocycles. The molecule has 0 N–H and O–H groups in total. The smallest absolute Gasteiger partial charge is 0.339 e. The average Bonchev–Trinajstić information content (AvgIpc) is 2.72. The van der Waals surface area contributed by atoms with E-state index in [0.717, 1.165) is 18.3 Å². The predicted octanol–water partition coefficient (Wildman–Crippen LogP) is 6.24. The number of hydrogen-bond donors (Lipinski definition) is 0. The highest BCUT2D eigenvalue weighted by Crippen LogP contribution is 2.33. The number of carbonyl (C=O) groups is 1. The Labute approximate surface area is 214 Å². The Balaban J connectivity index is 2.25. The summed E-state index contributed by atoms with van der Waals surface area (Å²) >= 11 is 29.4. The zero-order valence-corrected chi connectivity index (χ0v) is 21.2. The third-order valence-electron chi connectivity index (χ3n) is 3.87. The van der Waals surface area contributed by atoms with Gasteiger partial charge in [-0.15, -0.1) is 0 Å². The molecule has 0 heterocycles. The predicted molar refractivity (Wildman–Crippen MR) is 125 cm³/mol.